The average molecular weight is 271 g/mol. The normalized spacial score (nSPS) is 12.4. The lowest BCUT2D eigenvalue weighted by molar-refractivity contribution is 0.822. The van der Waals surface area contributed by atoms with Gasteiger partial charge >= 0.3 is 0 Å². The summed E-state index contributed by atoms with van der Waals surface area (Å²) in [6.45, 7) is 6.41. The molecular formula is C17H21NS. The molecule has 100 valence electrons. The van der Waals surface area contributed by atoms with Crippen LogP contribution in [0.25, 0.3) is 0 Å². The van der Waals surface area contributed by atoms with Gasteiger partial charge in [-0.25, -0.2) is 0 Å². The first-order valence-corrected chi connectivity index (χ1v) is 7.57. The maximum Gasteiger partial charge on any atom is 0.0392 e. The monoisotopic (exact) mass is 271 g/mol. The molecule has 2 heteroatoms. The minimum Gasteiger partial charge on any atom is -0.323 e. The Hall–Kier alpha value is -1.25. The molecule has 0 bridgehead atoms. The number of rotatable bonds is 4. The zero-order valence-electron chi connectivity index (χ0n) is 11.8. The van der Waals surface area contributed by atoms with Crippen LogP contribution in [0.1, 0.15) is 28.3 Å². The van der Waals surface area contributed by atoms with Crippen molar-refractivity contribution >= 4 is 11.8 Å². The molecule has 1 unspecified atom stereocenters. The second-order valence-corrected chi connectivity index (χ2v) is 6.10. The minimum absolute atomic E-state index is 0.0897. The Morgan fingerprint density at radius 2 is 1.74 bits per heavy atom. The fourth-order valence-electron chi connectivity index (χ4n) is 2.23. The highest BCUT2D eigenvalue weighted by atomic mass is 32.2. The first-order valence-electron chi connectivity index (χ1n) is 6.59. The molecule has 0 spiro atoms. The Morgan fingerprint density at radius 1 is 1.00 bits per heavy atom. The number of thioether (sulfide) groups is 1. The second-order valence-electron chi connectivity index (χ2n) is 5.04. The van der Waals surface area contributed by atoms with Crippen molar-refractivity contribution in [3.63, 3.8) is 0 Å². The van der Waals surface area contributed by atoms with Crippen LogP contribution in [0.2, 0.25) is 0 Å². The number of nitrogens with two attached hydrogens (primary N) is 1. The topological polar surface area (TPSA) is 26.0 Å². The van der Waals surface area contributed by atoms with Crippen molar-refractivity contribution in [1.82, 2.24) is 0 Å². The first-order chi connectivity index (χ1) is 9.08. The first kappa shape index (κ1) is 14.2. The highest BCUT2D eigenvalue weighted by Crippen LogP contribution is 2.27. The molecule has 2 rings (SSSR count). The molecule has 19 heavy (non-hydrogen) atoms. The van der Waals surface area contributed by atoms with Crippen LogP contribution in [-0.2, 0) is 0 Å². The van der Waals surface area contributed by atoms with Crippen molar-refractivity contribution in [2.24, 2.45) is 5.73 Å². The summed E-state index contributed by atoms with van der Waals surface area (Å²) in [5.41, 5.74) is 11.5. The molecule has 2 N–H and O–H groups in total. The summed E-state index contributed by atoms with van der Waals surface area (Å²) in [7, 11) is 0. The Labute approximate surface area is 120 Å². The molecule has 0 aliphatic heterocycles. The van der Waals surface area contributed by atoms with Crippen LogP contribution in [0.3, 0.4) is 0 Å². The van der Waals surface area contributed by atoms with Crippen LogP contribution in [0.4, 0.5) is 0 Å². The van der Waals surface area contributed by atoms with Crippen molar-refractivity contribution in [1.29, 1.82) is 0 Å². The molecule has 0 amide bonds. The molecule has 0 aliphatic carbocycles. The third-order valence-corrected chi connectivity index (χ3v) is 4.63. The Morgan fingerprint density at radius 3 is 2.42 bits per heavy atom. The van der Waals surface area contributed by atoms with Crippen LogP contribution in [0, 0.1) is 20.8 Å². The second kappa shape index (κ2) is 6.27. The summed E-state index contributed by atoms with van der Waals surface area (Å²) in [6, 6.07) is 15.0. The maximum atomic E-state index is 6.30. The summed E-state index contributed by atoms with van der Waals surface area (Å²) in [5, 5.41) is 0. The van der Waals surface area contributed by atoms with E-state index in [0.29, 0.717) is 0 Å². The zero-order chi connectivity index (χ0) is 13.8. The molecule has 0 saturated carbocycles. The van der Waals surface area contributed by atoms with Gasteiger partial charge < -0.3 is 5.73 Å². The van der Waals surface area contributed by atoms with Gasteiger partial charge in [0, 0.05) is 16.7 Å². The number of aryl methyl sites for hydroxylation is 3. The molecule has 0 aromatic heterocycles. The van der Waals surface area contributed by atoms with E-state index in [0.717, 1.165) is 5.75 Å². The molecule has 0 aliphatic rings. The summed E-state index contributed by atoms with van der Waals surface area (Å²) in [4.78, 5) is 1.33. The van der Waals surface area contributed by atoms with Gasteiger partial charge in [-0.2, -0.15) is 0 Å². The number of hydrogen-bond donors (Lipinski definition) is 1. The van der Waals surface area contributed by atoms with E-state index in [-0.39, 0.29) is 6.04 Å². The van der Waals surface area contributed by atoms with Gasteiger partial charge in [0.05, 0.1) is 0 Å². The summed E-state index contributed by atoms with van der Waals surface area (Å²) < 4.78 is 0. The van der Waals surface area contributed by atoms with Gasteiger partial charge in [0.25, 0.3) is 0 Å². The van der Waals surface area contributed by atoms with Gasteiger partial charge in [0.1, 0.15) is 0 Å². The average Bonchev–Trinajstić information content (AvgIpc) is 2.38. The molecule has 2 aromatic carbocycles. The molecule has 0 saturated heterocycles. The molecule has 0 radical (unpaired) electrons. The molecule has 0 heterocycles. The van der Waals surface area contributed by atoms with Crippen LogP contribution >= 0.6 is 11.8 Å². The summed E-state index contributed by atoms with van der Waals surface area (Å²) >= 11 is 1.84. The summed E-state index contributed by atoms with van der Waals surface area (Å²) in [6.07, 6.45) is 0. The van der Waals surface area contributed by atoms with E-state index >= 15 is 0 Å². The highest BCUT2D eigenvalue weighted by Gasteiger charge is 2.09. The van der Waals surface area contributed by atoms with Crippen molar-refractivity contribution in [3.05, 3.63) is 64.7 Å². The lowest BCUT2D eigenvalue weighted by Crippen LogP contribution is -2.14. The van der Waals surface area contributed by atoms with E-state index in [4.69, 9.17) is 5.73 Å². The standard InChI is InChI=1S/C17H21NS/c1-12-8-9-17(14(3)10-12)19-11-16(18)15-7-5-4-6-13(15)2/h4-10,16H,11,18H2,1-3H3. The van der Waals surface area contributed by atoms with Gasteiger partial charge in [-0.15, -0.1) is 11.8 Å². The highest BCUT2D eigenvalue weighted by molar-refractivity contribution is 7.99. The number of hydrogen-bond acceptors (Lipinski definition) is 2. The van der Waals surface area contributed by atoms with E-state index in [1.165, 1.54) is 27.1 Å². The van der Waals surface area contributed by atoms with E-state index in [1.807, 2.05) is 11.8 Å². The van der Waals surface area contributed by atoms with Gasteiger partial charge in [-0.1, -0.05) is 42.0 Å². The number of benzene rings is 2. The Kier molecular flexibility index (Phi) is 4.67. The SMILES string of the molecule is Cc1ccc(SCC(N)c2ccccc2C)c(C)c1. The molecule has 2 aromatic rings. The minimum atomic E-state index is 0.0897. The van der Waals surface area contributed by atoms with Crippen LogP contribution in [-0.4, -0.2) is 5.75 Å². The van der Waals surface area contributed by atoms with E-state index in [9.17, 15) is 0 Å². The fourth-order valence-corrected chi connectivity index (χ4v) is 3.22. The lowest BCUT2D eigenvalue weighted by Gasteiger charge is -2.15. The van der Waals surface area contributed by atoms with Crippen molar-refractivity contribution in [2.45, 2.75) is 31.7 Å². The van der Waals surface area contributed by atoms with Crippen molar-refractivity contribution in [2.75, 3.05) is 5.75 Å². The molecule has 1 atom stereocenters. The van der Waals surface area contributed by atoms with Crippen molar-refractivity contribution < 1.29 is 0 Å². The van der Waals surface area contributed by atoms with Gasteiger partial charge in [0.15, 0.2) is 0 Å². The summed E-state index contributed by atoms with van der Waals surface area (Å²) in [5.74, 6) is 0.911. The molecule has 1 nitrogen and oxygen atoms in total. The van der Waals surface area contributed by atoms with Gasteiger partial charge in [-0.05, 0) is 43.5 Å². The largest absolute Gasteiger partial charge is 0.323 e. The maximum absolute atomic E-state index is 6.30. The quantitative estimate of drug-likeness (QED) is 0.834. The van der Waals surface area contributed by atoms with Crippen LogP contribution in [0.5, 0.6) is 0 Å². The third-order valence-electron chi connectivity index (χ3n) is 3.34. The van der Waals surface area contributed by atoms with E-state index < -0.39 is 0 Å². The predicted molar refractivity (Wildman–Crippen MR) is 84.7 cm³/mol. The lowest BCUT2D eigenvalue weighted by atomic mass is 10.0. The van der Waals surface area contributed by atoms with Crippen LogP contribution in [0.15, 0.2) is 47.4 Å². The molecule has 0 fully saturated rings. The van der Waals surface area contributed by atoms with E-state index in [2.05, 4.69) is 63.2 Å². The smallest absolute Gasteiger partial charge is 0.0392 e. The third kappa shape index (κ3) is 3.62. The predicted octanol–water partition coefficient (Wildman–Crippen LogP) is 4.40. The Balaban J connectivity index is 2.04. The zero-order valence-corrected chi connectivity index (χ0v) is 12.6. The Bertz CT molecular complexity index is 563. The van der Waals surface area contributed by atoms with Gasteiger partial charge in [-0.3, -0.25) is 0 Å². The van der Waals surface area contributed by atoms with Crippen LogP contribution < -0.4 is 5.73 Å². The van der Waals surface area contributed by atoms with Gasteiger partial charge in [0.2, 0.25) is 0 Å². The molecular weight excluding hydrogens is 250 g/mol. The van der Waals surface area contributed by atoms with Crippen molar-refractivity contribution in [3.8, 4) is 0 Å². The van der Waals surface area contributed by atoms with E-state index in [1.54, 1.807) is 0 Å². The fraction of sp³-hybridized carbons (Fsp3) is 0.294.